The van der Waals surface area contributed by atoms with Crippen molar-refractivity contribution in [3.63, 3.8) is 0 Å². The summed E-state index contributed by atoms with van der Waals surface area (Å²) in [5.41, 5.74) is 3.33. The van der Waals surface area contributed by atoms with Gasteiger partial charge in [-0.2, -0.15) is 0 Å². The molecule has 214 valence electrons. The number of amides is 2. The van der Waals surface area contributed by atoms with Gasteiger partial charge in [-0.1, -0.05) is 49.9 Å². The number of pyridine rings is 1. The van der Waals surface area contributed by atoms with E-state index in [-0.39, 0.29) is 24.8 Å². The maximum Gasteiger partial charge on any atom is 0.304 e. The fourth-order valence-electron chi connectivity index (χ4n) is 6.13. The normalized spacial score (nSPS) is 20.0. The largest absolute Gasteiger partial charge is 0.481 e. The van der Waals surface area contributed by atoms with E-state index >= 15 is 0 Å². The maximum absolute atomic E-state index is 13.8. The van der Waals surface area contributed by atoms with Crippen LogP contribution in [0.5, 0.6) is 0 Å². The van der Waals surface area contributed by atoms with E-state index in [2.05, 4.69) is 4.98 Å². The zero-order chi connectivity index (χ0) is 28.5. The predicted molar refractivity (Wildman–Crippen MR) is 155 cm³/mol. The molecule has 6 rings (SSSR count). The van der Waals surface area contributed by atoms with Gasteiger partial charge < -0.3 is 5.11 Å². The zero-order valence-corrected chi connectivity index (χ0v) is 23.6. The molecule has 3 fully saturated rings. The predicted octanol–water partition coefficient (Wildman–Crippen LogP) is 6.11. The molecular formula is C31H33FN4O4S. The molecule has 2 atom stereocenters. The van der Waals surface area contributed by atoms with Gasteiger partial charge in [-0.05, 0) is 42.9 Å². The summed E-state index contributed by atoms with van der Waals surface area (Å²) in [4.78, 5) is 50.1. The third-order valence-electron chi connectivity index (χ3n) is 8.39. The van der Waals surface area contributed by atoms with Gasteiger partial charge in [0.15, 0.2) is 11.3 Å². The fourth-order valence-corrected chi connectivity index (χ4v) is 7.03. The number of carbonyl (C=O) groups excluding carboxylic acids is 2. The summed E-state index contributed by atoms with van der Waals surface area (Å²) in [6.45, 7) is 0.314. The molecule has 2 amide bonds. The molecule has 41 heavy (non-hydrogen) atoms. The zero-order valence-electron chi connectivity index (χ0n) is 22.7. The molecule has 3 aromatic rings. The first-order valence-electron chi connectivity index (χ1n) is 14.4. The lowest BCUT2D eigenvalue weighted by atomic mass is 9.90. The van der Waals surface area contributed by atoms with Crippen molar-refractivity contribution in [3.05, 3.63) is 48.0 Å². The molecule has 1 unspecified atom stereocenters. The molecule has 1 aromatic carbocycles. The molecule has 1 saturated heterocycles. The number of carboxylic acids is 1. The molecular weight excluding hydrogens is 543 g/mol. The van der Waals surface area contributed by atoms with E-state index in [1.165, 1.54) is 16.2 Å². The number of thiazole rings is 1. The van der Waals surface area contributed by atoms with Crippen LogP contribution in [0.25, 0.3) is 22.4 Å². The van der Waals surface area contributed by atoms with Crippen LogP contribution in [-0.4, -0.2) is 51.6 Å². The van der Waals surface area contributed by atoms with Crippen LogP contribution in [0.1, 0.15) is 57.8 Å². The molecule has 3 heterocycles. The number of anilines is 2. The van der Waals surface area contributed by atoms with Gasteiger partial charge in [0.25, 0.3) is 5.91 Å². The Balaban J connectivity index is 1.26. The highest BCUT2D eigenvalue weighted by Gasteiger charge is 2.40. The number of aliphatic carboxylic acids is 1. The van der Waals surface area contributed by atoms with Crippen LogP contribution in [0.3, 0.4) is 0 Å². The van der Waals surface area contributed by atoms with Crippen molar-refractivity contribution in [1.29, 1.82) is 0 Å². The molecule has 1 N–H and O–H groups in total. The second-order valence-electron chi connectivity index (χ2n) is 11.3. The van der Waals surface area contributed by atoms with E-state index in [0.29, 0.717) is 29.8 Å². The number of carboxylic acid groups (broad SMARTS) is 1. The van der Waals surface area contributed by atoms with Gasteiger partial charge in [0.05, 0.1) is 12.1 Å². The summed E-state index contributed by atoms with van der Waals surface area (Å²) in [6.07, 6.45) is 7.04. The number of hydrogen-bond acceptors (Lipinski definition) is 6. The quantitative estimate of drug-likeness (QED) is 0.312. The Morgan fingerprint density at radius 3 is 2.46 bits per heavy atom. The van der Waals surface area contributed by atoms with Crippen molar-refractivity contribution >= 4 is 40.1 Å². The van der Waals surface area contributed by atoms with E-state index in [1.54, 1.807) is 17.2 Å². The monoisotopic (exact) mass is 576 g/mol. The van der Waals surface area contributed by atoms with Crippen LogP contribution in [0.4, 0.5) is 15.3 Å². The molecule has 0 bridgehead atoms. The molecule has 2 saturated carbocycles. The second kappa shape index (κ2) is 11.7. The van der Waals surface area contributed by atoms with Crippen molar-refractivity contribution in [2.75, 3.05) is 16.3 Å². The van der Waals surface area contributed by atoms with E-state index < -0.39 is 24.0 Å². The SMILES string of the molecule is O=C(O)C[C@@H](CC1CCCC1)C(=O)N(c1nc(-c2ccccc2-c2ccc(N3CCC(F)C3=O)nc2)cs1)C1CC1. The number of rotatable bonds is 10. The lowest BCUT2D eigenvalue weighted by Gasteiger charge is -2.26. The van der Waals surface area contributed by atoms with E-state index in [9.17, 15) is 23.9 Å². The number of hydrogen-bond donors (Lipinski definition) is 1. The van der Waals surface area contributed by atoms with Crippen LogP contribution in [0.15, 0.2) is 48.0 Å². The van der Waals surface area contributed by atoms with E-state index in [0.717, 1.165) is 60.9 Å². The number of halogens is 1. The van der Waals surface area contributed by atoms with Crippen molar-refractivity contribution in [2.24, 2.45) is 11.8 Å². The third-order valence-corrected chi connectivity index (χ3v) is 9.23. The third kappa shape index (κ3) is 5.88. The molecule has 10 heteroatoms. The highest BCUT2D eigenvalue weighted by Crippen LogP contribution is 2.40. The average Bonchev–Trinajstić information content (AvgIpc) is 3.31. The average molecular weight is 577 g/mol. The summed E-state index contributed by atoms with van der Waals surface area (Å²) >= 11 is 1.40. The minimum atomic E-state index is -1.47. The molecule has 0 spiro atoms. The number of benzene rings is 1. The van der Waals surface area contributed by atoms with Gasteiger partial charge in [-0.15, -0.1) is 11.3 Å². The van der Waals surface area contributed by atoms with Gasteiger partial charge in [-0.25, -0.2) is 14.4 Å². The minimum Gasteiger partial charge on any atom is -0.481 e. The number of alkyl halides is 1. The van der Waals surface area contributed by atoms with Crippen molar-refractivity contribution in [2.45, 2.75) is 70.0 Å². The molecule has 2 aromatic heterocycles. The Kier molecular flexibility index (Phi) is 7.84. The topological polar surface area (TPSA) is 104 Å². The van der Waals surface area contributed by atoms with Gasteiger partial charge in [0.1, 0.15) is 5.82 Å². The summed E-state index contributed by atoms with van der Waals surface area (Å²) < 4.78 is 13.7. The summed E-state index contributed by atoms with van der Waals surface area (Å²) in [5.74, 6) is -1.32. The van der Waals surface area contributed by atoms with E-state index in [1.807, 2.05) is 35.7 Å². The summed E-state index contributed by atoms with van der Waals surface area (Å²) in [6, 6.07) is 11.5. The molecule has 8 nitrogen and oxygen atoms in total. The Morgan fingerprint density at radius 1 is 1.07 bits per heavy atom. The van der Waals surface area contributed by atoms with Crippen LogP contribution in [0.2, 0.25) is 0 Å². The van der Waals surface area contributed by atoms with Gasteiger partial charge in [-0.3, -0.25) is 24.2 Å². The number of aromatic nitrogens is 2. The van der Waals surface area contributed by atoms with Gasteiger partial charge >= 0.3 is 5.97 Å². The molecule has 3 aliphatic rings. The van der Waals surface area contributed by atoms with Gasteiger partial charge in [0, 0.05) is 47.6 Å². The van der Waals surface area contributed by atoms with Gasteiger partial charge in [0.2, 0.25) is 5.91 Å². The Bertz CT molecular complexity index is 1430. The van der Waals surface area contributed by atoms with E-state index in [4.69, 9.17) is 4.98 Å². The smallest absolute Gasteiger partial charge is 0.304 e. The Hall–Kier alpha value is -3.66. The lowest BCUT2D eigenvalue weighted by Crippen LogP contribution is -2.39. The molecule has 1 aliphatic heterocycles. The fraction of sp³-hybridized carbons (Fsp3) is 0.452. The Morgan fingerprint density at radius 2 is 1.83 bits per heavy atom. The van der Waals surface area contributed by atoms with Crippen molar-refractivity contribution < 1.29 is 23.9 Å². The van der Waals surface area contributed by atoms with Crippen LogP contribution < -0.4 is 9.80 Å². The number of nitrogens with zero attached hydrogens (tertiary/aromatic N) is 4. The van der Waals surface area contributed by atoms with Crippen molar-refractivity contribution in [3.8, 4) is 22.4 Å². The van der Waals surface area contributed by atoms with Crippen LogP contribution in [0, 0.1) is 11.8 Å². The molecule has 2 aliphatic carbocycles. The summed E-state index contributed by atoms with van der Waals surface area (Å²) in [5, 5.41) is 12.1. The second-order valence-corrected chi connectivity index (χ2v) is 12.2. The first-order chi connectivity index (χ1) is 19.9. The minimum absolute atomic E-state index is 0.0607. The molecule has 0 radical (unpaired) electrons. The van der Waals surface area contributed by atoms with Crippen LogP contribution in [-0.2, 0) is 14.4 Å². The highest BCUT2D eigenvalue weighted by atomic mass is 32.1. The highest BCUT2D eigenvalue weighted by molar-refractivity contribution is 7.14. The van der Waals surface area contributed by atoms with Crippen LogP contribution >= 0.6 is 11.3 Å². The standard InChI is InChI=1S/C31H33FN4O4S/c32-25-13-14-35(30(25)40)27-12-9-20(17-33-27)23-7-3-4-8-24(23)26-18-41-31(34-26)36(22-10-11-22)29(39)21(16-28(37)38)15-19-5-1-2-6-19/h3-4,7-9,12,17-19,21-22,25H,1-2,5-6,10-11,13-16H2,(H,37,38)/t21-,25?/m1/s1. The number of carbonyl (C=O) groups is 3. The van der Waals surface area contributed by atoms with Crippen molar-refractivity contribution in [1.82, 2.24) is 9.97 Å². The first kappa shape index (κ1) is 27.5. The maximum atomic E-state index is 13.8. The Labute approximate surface area is 242 Å². The summed E-state index contributed by atoms with van der Waals surface area (Å²) in [7, 11) is 0. The first-order valence-corrected chi connectivity index (χ1v) is 15.3. The lowest BCUT2D eigenvalue weighted by molar-refractivity contribution is -0.141.